The lowest BCUT2D eigenvalue weighted by molar-refractivity contribution is -0.307. The zero-order valence-electron chi connectivity index (χ0n) is 12.6. The van der Waals surface area contributed by atoms with Gasteiger partial charge in [-0.15, -0.1) is 0 Å². The third-order valence-corrected chi connectivity index (χ3v) is 2.87. The molecule has 2 N–H and O–H groups in total. The summed E-state index contributed by atoms with van der Waals surface area (Å²) in [4.78, 5) is 44.9. The van der Waals surface area contributed by atoms with E-state index in [1.165, 1.54) is 24.3 Å². The van der Waals surface area contributed by atoms with Crippen molar-refractivity contribution < 1.29 is 33.8 Å². The Bertz CT molecular complexity index is 717. The molecule has 1 aliphatic heterocycles. The van der Waals surface area contributed by atoms with Crippen molar-refractivity contribution in [1.82, 2.24) is 10.6 Å². The molecule has 0 saturated carbocycles. The van der Waals surface area contributed by atoms with Gasteiger partial charge in [-0.3, -0.25) is 20.2 Å². The molecule has 4 amide bonds. The van der Waals surface area contributed by atoms with Gasteiger partial charge >= 0.3 is 6.03 Å². The predicted molar refractivity (Wildman–Crippen MR) is 77.8 cm³/mol. The first-order chi connectivity index (χ1) is 11.4. The zero-order chi connectivity index (χ0) is 17.7. The first kappa shape index (κ1) is 17.0. The van der Waals surface area contributed by atoms with E-state index in [0.717, 1.165) is 0 Å². The van der Waals surface area contributed by atoms with Crippen molar-refractivity contribution in [3.05, 3.63) is 29.3 Å². The number of barbiturate groups is 1. The number of imide groups is 2. The molecule has 24 heavy (non-hydrogen) atoms. The lowest BCUT2D eigenvalue weighted by atomic mass is 10.1. The number of carboxylic acids is 1. The number of urea groups is 1. The van der Waals surface area contributed by atoms with E-state index >= 15 is 0 Å². The molecule has 1 saturated heterocycles. The van der Waals surface area contributed by atoms with Crippen molar-refractivity contribution in [2.24, 2.45) is 0 Å². The minimum atomic E-state index is -1.39. The van der Waals surface area contributed by atoms with Gasteiger partial charge in [-0.2, -0.15) is 0 Å². The summed E-state index contributed by atoms with van der Waals surface area (Å²) in [7, 11) is 0. The monoisotopic (exact) mass is 333 g/mol. The number of carboxylic acid groups (broad SMARTS) is 1. The van der Waals surface area contributed by atoms with Crippen LogP contribution in [0, 0.1) is 0 Å². The number of rotatable bonds is 6. The first-order valence-electron chi connectivity index (χ1n) is 6.88. The van der Waals surface area contributed by atoms with Gasteiger partial charge in [0.25, 0.3) is 11.8 Å². The molecule has 0 aromatic heterocycles. The van der Waals surface area contributed by atoms with Gasteiger partial charge in [0.15, 0.2) is 11.5 Å². The van der Waals surface area contributed by atoms with Crippen LogP contribution in [0.15, 0.2) is 23.8 Å². The highest BCUT2D eigenvalue weighted by Gasteiger charge is 2.27. The number of aliphatic carboxylic acids is 1. The molecule has 2 rings (SSSR count). The Morgan fingerprint density at radius 3 is 2.38 bits per heavy atom. The van der Waals surface area contributed by atoms with Crippen molar-refractivity contribution in [2.45, 2.75) is 6.92 Å². The van der Waals surface area contributed by atoms with Crippen LogP contribution in [0.3, 0.4) is 0 Å². The summed E-state index contributed by atoms with van der Waals surface area (Å²) in [6.45, 7) is 1.37. The van der Waals surface area contributed by atoms with Gasteiger partial charge in [-0.05, 0) is 30.7 Å². The highest BCUT2D eigenvalue weighted by Crippen LogP contribution is 2.29. The van der Waals surface area contributed by atoms with Crippen LogP contribution in [0.25, 0.3) is 6.08 Å². The normalized spacial score (nSPS) is 13.9. The number of hydrogen-bond donors (Lipinski definition) is 2. The van der Waals surface area contributed by atoms with E-state index in [1.54, 1.807) is 6.92 Å². The molecule has 1 aromatic rings. The third kappa shape index (κ3) is 4.09. The number of carbonyl (C=O) groups is 4. The predicted octanol–water partition coefficient (Wildman–Crippen LogP) is -1.04. The van der Waals surface area contributed by atoms with Gasteiger partial charge in [0.2, 0.25) is 0 Å². The molecular weight excluding hydrogens is 320 g/mol. The standard InChI is InChI=1S/C15H14N2O7/c1-2-23-11-6-8(3-4-10(11)24-7-12(18)19)5-9-13(20)16-15(22)17-14(9)21/h3-6H,2,7H2,1H3,(H,18,19)(H2,16,17,20,21,22)/p-1. The van der Waals surface area contributed by atoms with E-state index in [1.807, 2.05) is 10.6 Å². The lowest BCUT2D eigenvalue weighted by Crippen LogP contribution is -2.51. The van der Waals surface area contributed by atoms with Crippen LogP contribution in [0.2, 0.25) is 0 Å². The Kier molecular flexibility index (Phi) is 5.15. The smallest absolute Gasteiger partial charge is 0.328 e. The number of benzene rings is 1. The Balaban J connectivity index is 2.30. The summed E-state index contributed by atoms with van der Waals surface area (Å²) in [5, 5.41) is 14.4. The molecule has 0 spiro atoms. The fourth-order valence-electron chi connectivity index (χ4n) is 1.91. The molecule has 9 nitrogen and oxygen atoms in total. The summed E-state index contributed by atoms with van der Waals surface area (Å²) in [5.41, 5.74) is 0.175. The number of hydrogen-bond acceptors (Lipinski definition) is 7. The van der Waals surface area contributed by atoms with Crippen molar-refractivity contribution in [3.8, 4) is 11.5 Å². The highest BCUT2D eigenvalue weighted by molar-refractivity contribution is 6.31. The Morgan fingerprint density at radius 1 is 1.12 bits per heavy atom. The molecule has 0 aliphatic carbocycles. The summed E-state index contributed by atoms with van der Waals surface area (Å²) in [5.74, 6) is -2.61. The van der Waals surface area contributed by atoms with Crippen LogP contribution in [0.1, 0.15) is 12.5 Å². The summed E-state index contributed by atoms with van der Waals surface area (Å²) >= 11 is 0. The largest absolute Gasteiger partial charge is 0.546 e. The van der Waals surface area contributed by atoms with Crippen molar-refractivity contribution in [1.29, 1.82) is 0 Å². The number of nitrogens with one attached hydrogen (secondary N) is 2. The maximum Gasteiger partial charge on any atom is 0.328 e. The molecule has 1 aromatic carbocycles. The Morgan fingerprint density at radius 2 is 1.79 bits per heavy atom. The Labute approximate surface area is 136 Å². The highest BCUT2D eigenvalue weighted by atomic mass is 16.5. The van der Waals surface area contributed by atoms with E-state index in [2.05, 4.69) is 0 Å². The fraction of sp³-hybridized carbons (Fsp3) is 0.200. The maximum absolute atomic E-state index is 11.7. The summed E-state index contributed by atoms with van der Waals surface area (Å²) in [6.07, 6.45) is 1.27. The average molecular weight is 333 g/mol. The van der Waals surface area contributed by atoms with Crippen molar-refractivity contribution in [2.75, 3.05) is 13.2 Å². The third-order valence-electron chi connectivity index (χ3n) is 2.87. The minimum Gasteiger partial charge on any atom is -0.546 e. The maximum atomic E-state index is 11.7. The number of amides is 4. The SMILES string of the molecule is CCOc1cc(C=C2C(=O)NC(=O)NC2=O)ccc1OCC(=O)[O-]. The minimum absolute atomic E-state index is 0.177. The molecule has 9 heteroatoms. The summed E-state index contributed by atoms with van der Waals surface area (Å²) < 4.78 is 10.4. The second-order valence-electron chi connectivity index (χ2n) is 4.60. The van der Waals surface area contributed by atoms with E-state index in [4.69, 9.17) is 9.47 Å². The van der Waals surface area contributed by atoms with Crippen LogP contribution in [0.4, 0.5) is 4.79 Å². The van der Waals surface area contributed by atoms with Crippen LogP contribution in [0.5, 0.6) is 11.5 Å². The zero-order valence-corrected chi connectivity index (χ0v) is 12.6. The van der Waals surface area contributed by atoms with E-state index < -0.39 is 30.4 Å². The molecule has 1 aliphatic rings. The van der Waals surface area contributed by atoms with E-state index in [0.29, 0.717) is 5.56 Å². The topological polar surface area (TPSA) is 134 Å². The molecule has 0 radical (unpaired) electrons. The lowest BCUT2D eigenvalue weighted by Gasteiger charge is -2.15. The Hall–Kier alpha value is -3.36. The van der Waals surface area contributed by atoms with Gasteiger partial charge in [-0.25, -0.2) is 4.79 Å². The van der Waals surface area contributed by atoms with Crippen molar-refractivity contribution in [3.63, 3.8) is 0 Å². The van der Waals surface area contributed by atoms with Gasteiger partial charge in [0.1, 0.15) is 12.2 Å². The molecule has 1 heterocycles. The van der Waals surface area contributed by atoms with Gasteiger partial charge in [0.05, 0.1) is 12.6 Å². The van der Waals surface area contributed by atoms with E-state index in [9.17, 15) is 24.3 Å². The number of ether oxygens (including phenoxy) is 2. The molecule has 0 unspecified atom stereocenters. The van der Waals surface area contributed by atoms with Crippen LogP contribution < -0.4 is 25.2 Å². The fourth-order valence-corrected chi connectivity index (χ4v) is 1.91. The molecule has 0 atom stereocenters. The average Bonchev–Trinajstić information content (AvgIpc) is 2.50. The van der Waals surface area contributed by atoms with Crippen molar-refractivity contribution >= 4 is 29.9 Å². The van der Waals surface area contributed by atoms with Crippen LogP contribution in [-0.4, -0.2) is 37.0 Å². The molecule has 126 valence electrons. The summed E-state index contributed by atoms with van der Waals surface area (Å²) in [6, 6.07) is 3.52. The number of carbonyl (C=O) groups excluding carboxylic acids is 4. The molecule has 1 fully saturated rings. The quantitative estimate of drug-likeness (QED) is 0.502. The second kappa shape index (κ2) is 7.27. The molecular formula is C15H13N2O7-. The van der Waals surface area contributed by atoms with E-state index in [-0.39, 0.29) is 23.7 Å². The van der Waals surface area contributed by atoms with Gasteiger partial charge < -0.3 is 19.4 Å². The van der Waals surface area contributed by atoms with Gasteiger partial charge in [-0.1, -0.05) is 6.07 Å². The first-order valence-corrected chi connectivity index (χ1v) is 6.88. The molecule has 0 bridgehead atoms. The van der Waals surface area contributed by atoms with Gasteiger partial charge in [0, 0.05) is 0 Å². The van der Waals surface area contributed by atoms with Crippen LogP contribution >= 0.6 is 0 Å². The second-order valence-corrected chi connectivity index (χ2v) is 4.60. The van der Waals surface area contributed by atoms with Crippen LogP contribution in [-0.2, 0) is 14.4 Å².